The number of ether oxygens (including phenoxy) is 3. The number of aldehydes is 1. The molecule has 8 nitrogen and oxygen atoms in total. The number of carboxylic acid groups (broad SMARTS) is 1. The largest absolute Gasteiger partial charge is 0.497 e. The summed E-state index contributed by atoms with van der Waals surface area (Å²) in [6.07, 6.45) is 6.43. The number of carboxylic acids is 1. The Labute approximate surface area is 255 Å². The monoisotopic (exact) mass is 591 g/mol. The molecule has 0 spiro atoms. The second-order valence-corrected chi connectivity index (χ2v) is 10.5. The van der Waals surface area contributed by atoms with E-state index in [0.717, 1.165) is 66.6 Å². The number of aliphatic hydroxyl groups is 1. The summed E-state index contributed by atoms with van der Waals surface area (Å²) in [6.45, 7) is 0.597. The van der Waals surface area contributed by atoms with Crippen molar-refractivity contribution in [3.8, 4) is 11.5 Å². The zero-order valence-electron chi connectivity index (χ0n) is 25.3. The number of aliphatic hydroxyl groups excluding tert-OH is 1. The lowest BCUT2D eigenvalue weighted by Gasteiger charge is -2.37. The Morgan fingerprint density at radius 2 is 1.33 bits per heavy atom. The molecule has 3 aromatic rings. The van der Waals surface area contributed by atoms with Crippen molar-refractivity contribution >= 4 is 12.3 Å². The average molecular weight is 592 g/mol. The van der Waals surface area contributed by atoms with Gasteiger partial charge in [-0.25, -0.2) is 0 Å². The van der Waals surface area contributed by atoms with Crippen LogP contribution in [-0.2, 0) is 19.9 Å². The van der Waals surface area contributed by atoms with E-state index >= 15 is 0 Å². The first-order valence-corrected chi connectivity index (χ1v) is 15.0. The van der Waals surface area contributed by atoms with E-state index in [-0.39, 0.29) is 19.8 Å². The number of unbranched alkanes of at least 4 members (excludes halogenated alkanes) is 5. The van der Waals surface area contributed by atoms with Crippen molar-refractivity contribution in [3.63, 3.8) is 0 Å². The first-order valence-electron chi connectivity index (χ1n) is 15.0. The summed E-state index contributed by atoms with van der Waals surface area (Å²) in [5.41, 5.74) is 1.69. The summed E-state index contributed by atoms with van der Waals surface area (Å²) in [7, 11) is 3.25. The molecule has 43 heavy (non-hydrogen) atoms. The van der Waals surface area contributed by atoms with Crippen LogP contribution in [0, 0.1) is 0 Å². The molecule has 0 fully saturated rings. The van der Waals surface area contributed by atoms with Gasteiger partial charge in [0.05, 0.1) is 27.4 Å². The zero-order chi connectivity index (χ0) is 30.9. The number of carbonyl (C=O) groups excluding carboxylic acids is 1. The normalized spacial score (nSPS) is 12.2. The molecular formula is C35H45NO7. The molecule has 232 valence electrons. The Morgan fingerprint density at radius 1 is 0.791 bits per heavy atom. The smallest absolute Gasteiger partial charge is 0.320 e. The van der Waals surface area contributed by atoms with E-state index < -0.39 is 17.6 Å². The van der Waals surface area contributed by atoms with E-state index in [1.165, 1.54) is 0 Å². The average Bonchev–Trinajstić information content (AvgIpc) is 3.04. The molecule has 0 saturated heterocycles. The fraction of sp³-hybridized carbons (Fsp3) is 0.429. The summed E-state index contributed by atoms with van der Waals surface area (Å²) < 4.78 is 17.7. The molecule has 2 N–H and O–H groups in total. The third-order valence-electron chi connectivity index (χ3n) is 7.78. The number of methoxy groups -OCH3 is 2. The SMILES string of the molecule is COc1ccc(C(OCCN(CCO)C(CCCCCCCC=O)C(=O)O)(c2ccccc2)c2ccc(OC)cc2)cc1. The molecule has 0 heterocycles. The van der Waals surface area contributed by atoms with Crippen LogP contribution in [0.4, 0.5) is 0 Å². The van der Waals surface area contributed by atoms with Crippen LogP contribution in [0.5, 0.6) is 11.5 Å². The minimum absolute atomic E-state index is 0.156. The molecule has 0 aromatic heterocycles. The Kier molecular flexibility index (Phi) is 14.2. The van der Waals surface area contributed by atoms with Gasteiger partial charge < -0.3 is 29.2 Å². The zero-order valence-corrected chi connectivity index (χ0v) is 25.3. The highest BCUT2D eigenvalue weighted by atomic mass is 16.5. The summed E-state index contributed by atoms with van der Waals surface area (Å²) in [6, 6.07) is 24.7. The van der Waals surface area contributed by atoms with Gasteiger partial charge in [0.15, 0.2) is 0 Å². The van der Waals surface area contributed by atoms with E-state index in [2.05, 4.69) is 0 Å². The molecule has 0 bridgehead atoms. The summed E-state index contributed by atoms with van der Waals surface area (Å²) in [5.74, 6) is 0.541. The molecule has 1 atom stereocenters. The van der Waals surface area contributed by atoms with Crippen molar-refractivity contribution in [2.45, 2.75) is 56.6 Å². The number of hydrogen-bond donors (Lipinski definition) is 2. The highest BCUT2D eigenvalue weighted by Gasteiger charge is 2.38. The van der Waals surface area contributed by atoms with Crippen LogP contribution in [0.1, 0.15) is 61.6 Å². The molecule has 8 heteroatoms. The molecule has 0 aliphatic rings. The summed E-state index contributed by atoms with van der Waals surface area (Å²) >= 11 is 0. The molecular weight excluding hydrogens is 546 g/mol. The van der Waals surface area contributed by atoms with Crippen LogP contribution in [0.25, 0.3) is 0 Å². The lowest BCUT2D eigenvalue weighted by molar-refractivity contribution is -0.144. The van der Waals surface area contributed by atoms with Gasteiger partial charge in [0.25, 0.3) is 0 Å². The Bertz CT molecular complexity index is 1170. The fourth-order valence-corrected chi connectivity index (χ4v) is 5.50. The molecule has 1 unspecified atom stereocenters. The molecule has 0 aliphatic heterocycles. The first-order chi connectivity index (χ1) is 21.0. The van der Waals surface area contributed by atoms with Gasteiger partial charge in [0.1, 0.15) is 29.4 Å². The summed E-state index contributed by atoms with van der Waals surface area (Å²) in [5, 5.41) is 19.9. The number of hydrogen-bond acceptors (Lipinski definition) is 7. The molecule has 0 amide bonds. The quantitative estimate of drug-likeness (QED) is 0.0925. The molecule has 0 saturated carbocycles. The number of aliphatic carboxylic acids is 1. The van der Waals surface area contributed by atoms with Gasteiger partial charge in [-0.2, -0.15) is 0 Å². The molecule has 3 aromatic carbocycles. The van der Waals surface area contributed by atoms with Crippen LogP contribution in [0.3, 0.4) is 0 Å². The maximum atomic E-state index is 12.3. The molecule has 3 rings (SSSR count). The predicted molar refractivity (Wildman–Crippen MR) is 167 cm³/mol. The highest BCUT2D eigenvalue weighted by Crippen LogP contribution is 2.41. The van der Waals surface area contributed by atoms with Crippen LogP contribution >= 0.6 is 0 Å². The molecule has 0 aliphatic carbocycles. The van der Waals surface area contributed by atoms with Crippen LogP contribution in [0.15, 0.2) is 78.9 Å². The van der Waals surface area contributed by atoms with E-state index in [9.17, 15) is 19.8 Å². The van der Waals surface area contributed by atoms with Crippen molar-refractivity contribution < 1.29 is 34.0 Å². The topological polar surface area (TPSA) is 106 Å². The fourth-order valence-electron chi connectivity index (χ4n) is 5.50. The highest BCUT2D eigenvalue weighted by molar-refractivity contribution is 5.73. The first kappa shape index (κ1) is 33.8. The Hall–Kier alpha value is -3.72. The maximum absolute atomic E-state index is 12.3. The number of carbonyl (C=O) groups is 2. The van der Waals surface area contributed by atoms with Gasteiger partial charge in [-0.1, -0.05) is 80.3 Å². The van der Waals surface area contributed by atoms with Crippen molar-refractivity contribution in [2.75, 3.05) is 40.5 Å². The van der Waals surface area contributed by atoms with Crippen LogP contribution in [0.2, 0.25) is 0 Å². The van der Waals surface area contributed by atoms with Gasteiger partial charge in [0, 0.05) is 19.5 Å². The third-order valence-corrected chi connectivity index (χ3v) is 7.78. The lowest BCUT2D eigenvalue weighted by atomic mass is 9.80. The van der Waals surface area contributed by atoms with Gasteiger partial charge in [-0.05, 0) is 53.8 Å². The minimum Gasteiger partial charge on any atom is -0.497 e. The van der Waals surface area contributed by atoms with Crippen molar-refractivity contribution in [2.24, 2.45) is 0 Å². The standard InChI is InChI=1S/C35H45NO7/c1-41-31-19-15-29(16-20-31)35(28-12-8-7-9-13-28,30-17-21-32(42-2)22-18-30)43-27-24-36(23-26-38)33(34(39)40)14-10-5-3-4-6-11-25-37/h7-9,12-13,15-22,25,33,38H,3-6,10-11,14,23-24,26-27H2,1-2H3,(H,39,40). The lowest BCUT2D eigenvalue weighted by Crippen LogP contribution is -2.45. The number of nitrogens with zero attached hydrogens (tertiary/aromatic N) is 1. The van der Waals surface area contributed by atoms with E-state index in [1.807, 2.05) is 78.9 Å². The van der Waals surface area contributed by atoms with Gasteiger partial charge in [-0.15, -0.1) is 0 Å². The minimum atomic E-state index is -1.01. The third kappa shape index (κ3) is 9.38. The van der Waals surface area contributed by atoms with E-state index in [0.29, 0.717) is 19.4 Å². The van der Waals surface area contributed by atoms with Gasteiger partial charge >= 0.3 is 5.97 Å². The van der Waals surface area contributed by atoms with E-state index in [4.69, 9.17) is 14.2 Å². The van der Waals surface area contributed by atoms with Crippen LogP contribution in [-0.4, -0.2) is 73.9 Å². The number of rotatable bonds is 21. The van der Waals surface area contributed by atoms with E-state index in [1.54, 1.807) is 19.1 Å². The Balaban J connectivity index is 1.89. The second-order valence-electron chi connectivity index (χ2n) is 10.5. The predicted octanol–water partition coefficient (Wildman–Crippen LogP) is 5.69. The van der Waals surface area contributed by atoms with Gasteiger partial charge in [0.2, 0.25) is 0 Å². The van der Waals surface area contributed by atoms with Gasteiger partial charge in [-0.3, -0.25) is 9.69 Å². The summed E-state index contributed by atoms with van der Waals surface area (Å²) in [4.78, 5) is 24.7. The van der Waals surface area contributed by atoms with Crippen molar-refractivity contribution in [1.82, 2.24) is 4.90 Å². The maximum Gasteiger partial charge on any atom is 0.320 e. The van der Waals surface area contributed by atoms with Crippen molar-refractivity contribution in [1.29, 1.82) is 0 Å². The number of benzene rings is 3. The Morgan fingerprint density at radius 3 is 1.84 bits per heavy atom. The molecule has 0 radical (unpaired) electrons. The second kappa shape index (κ2) is 18.1. The van der Waals surface area contributed by atoms with Crippen molar-refractivity contribution in [3.05, 3.63) is 95.6 Å². The van der Waals surface area contributed by atoms with Crippen LogP contribution < -0.4 is 9.47 Å².